The highest BCUT2D eigenvalue weighted by Gasteiger charge is 2.32. The van der Waals surface area contributed by atoms with Gasteiger partial charge in [0, 0.05) is 5.39 Å². The first kappa shape index (κ1) is 19.2. The summed E-state index contributed by atoms with van der Waals surface area (Å²) in [5, 5.41) is 16.4. The van der Waals surface area contributed by atoms with E-state index in [0.29, 0.717) is 27.2 Å². The second kappa shape index (κ2) is 7.17. The Balaban J connectivity index is 1.61. The first-order chi connectivity index (χ1) is 15.5. The Bertz CT molecular complexity index is 1520. The molecule has 0 fully saturated rings. The minimum absolute atomic E-state index is 0.294. The Labute approximate surface area is 179 Å². The summed E-state index contributed by atoms with van der Waals surface area (Å²) in [6.45, 7) is 0. The van der Waals surface area contributed by atoms with Crippen LogP contribution in [0, 0.1) is 0 Å². The van der Waals surface area contributed by atoms with Crippen LogP contribution in [0.4, 0.5) is 0 Å². The topological polar surface area (TPSA) is 125 Å². The molecule has 2 amide bonds. The zero-order chi connectivity index (χ0) is 22.4. The van der Waals surface area contributed by atoms with Crippen LogP contribution in [-0.4, -0.2) is 37.7 Å². The van der Waals surface area contributed by atoms with Crippen LogP contribution in [0.2, 0.25) is 0 Å². The Morgan fingerprint density at radius 3 is 2.06 bits per heavy atom. The summed E-state index contributed by atoms with van der Waals surface area (Å²) in [4.78, 5) is 52.5. The number of nitrogens with one attached hydrogen (secondary N) is 1. The molecular weight excluding hydrogens is 412 g/mol. The molecule has 1 aliphatic heterocycles. The van der Waals surface area contributed by atoms with Gasteiger partial charge in [0.05, 0.1) is 23.0 Å². The Kier molecular flexibility index (Phi) is 4.30. The number of aromatic amines is 1. The molecule has 0 radical (unpaired) electrons. The van der Waals surface area contributed by atoms with Crippen molar-refractivity contribution in [3.8, 4) is 11.6 Å². The normalized spacial score (nSPS) is 13.3. The number of aromatic hydroxyl groups is 1. The van der Waals surface area contributed by atoms with Crippen molar-refractivity contribution in [2.45, 2.75) is 0 Å². The number of H-pyrrole nitrogens is 1. The summed E-state index contributed by atoms with van der Waals surface area (Å²) >= 11 is 0. The van der Waals surface area contributed by atoms with Crippen molar-refractivity contribution >= 4 is 28.8 Å². The van der Waals surface area contributed by atoms with Gasteiger partial charge in [-0.15, -0.1) is 0 Å². The van der Waals surface area contributed by atoms with Crippen LogP contribution in [0.25, 0.3) is 16.5 Å². The molecule has 0 spiro atoms. The lowest BCUT2D eigenvalue weighted by molar-refractivity contribution is 0.0616. The molecule has 3 aromatic carbocycles. The lowest BCUT2D eigenvalue weighted by Crippen LogP contribution is -2.37. The summed E-state index contributed by atoms with van der Waals surface area (Å²) in [6, 6.07) is 18.3. The van der Waals surface area contributed by atoms with Gasteiger partial charge in [-0.05, 0) is 29.7 Å². The second-order valence-electron chi connectivity index (χ2n) is 7.04. The molecule has 156 valence electrons. The van der Waals surface area contributed by atoms with Gasteiger partial charge in [-0.25, -0.2) is 9.36 Å². The predicted molar refractivity (Wildman–Crippen MR) is 116 cm³/mol. The monoisotopic (exact) mass is 426 g/mol. The molecule has 5 rings (SSSR count). The number of aromatic nitrogens is 2. The molecule has 0 saturated heterocycles. The molecule has 2 heterocycles. The summed E-state index contributed by atoms with van der Waals surface area (Å²) in [5.74, 6) is -2.00. The van der Waals surface area contributed by atoms with Crippen LogP contribution >= 0.6 is 0 Å². The first-order valence-electron chi connectivity index (χ1n) is 9.55. The molecule has 0 saturated carbocycles. The number of para-hydroxylation sites is 1. The summed E-state index contributed by atoms with van der Waals surface area (Å²) < 4.78 is 0.888. The quantitative estimate of drug-likeness (QED) is 0.383. The van der Waals surface area contributed by atoms with E-state index in [2.05, 4.69) is 10.1 Å². The lowest BCUT2D eigenvalue weighted by atomic mass is 9.95. The van der Waals surface area contributed by atoms with Crippen LogP contribution in [0.3, 0.4) is 0 Å². The second-order valence-corrected chi connectivity index (χ2v) is 7.04. The van der Waals surface area contributed by atoms with E-state index in [1.54, 1.807) is 66.7 Å². The number of nitrogens with zero attached hydrogens (tertiary/aromatic N) is 3. The number of carbonyl (C=O) groups is 2. The molecule has 4 aromatic rings. The number of benzene rings is 3. The number of amides is 2. The van der Waals surface area contributed by atoms with E-state index < -0.39 is 28.9 Å². The Morgan fingerprint density at radius 1 is 0.812 bits per heavy atom. The molecular formula is C23H14N4O5. The van der Waals surface area contributed by atoms with E-state index in [1.165, 1.54) is 0 Å². The maximum Gasteiger partial charge on any atom is 0.335 e. The fourth-order valence-electron chi connectivity index (χ4n) is 3.71. The van der Waals surface area contributed by atoms with Gasteiger partial charge in [0.25, 0.3) is 17.4 Å². The summed E-state index contributed by atoms with van der Waals surface area (Å²) in [5.41, 5.74) is -1.24. The van der Waals surface area contributed by atoms with Gasteiger partial charge < -0.3 is 5.11 Å². The van der Waals surface area contributed by atoms with Gasteiger partial charge in [0.1, 0.15) is 5.56 Å². The highest BCUT2D eigenvalue weighted by atomic mass is 16.3. The van der Waals surface area contributed by atoms with Gasteiger partial charge in [0.15, 0.2) is 0 Å². The van der Waals surface area contributed by atoms with Gasteiger partial charge in [-0.2, -0.15) is 10.1 Å². The molecule has 0 unspecified atom stereocenters. The lowest BCUT2D eigenvalue weighted by Gasteiger charge is -2.23. The van der Waals surface area contributed by atoms with E-state index in [4.69, 9.17) is 0 Å². The molecule has 9 nitrogen and oxygen atoms in total. The van der Waals surface area contributed by atoms with E-state index in [-0.39, 0.29) is 5.56 Å². The maximum absolute atomic E-state index is 12.9. The van der Waals surface area contributed by atoms with Crippen molar-refractivity contribution in [1.82, 2.24) is 14.6 Å². The fraction of sp³-hybridized carbons (Fsp3) is 0. The van der Waals surface area contributed by atoms with E-state index >= 15 is 0 Å². The zero-order valence-corrected chi connectivity index (χ0v) is 16.4. The predicted octanol–water partition coefficient (Wildman–Crippen LogP) is 2.01. The number of imide groups is 1. The average molecular weight is 426 g/mol. The summed E-state index contributed by atoms with van der Waals surface area (Å²) in [7, 11) is 0. The van der Waals surface area contributed by atoms with Crippen LogP contribution in [0.15, 0.2) is 81.4 Å². The van der Waals surface area contributed by atoms with E-state index in [1.807, 2.05) is 0 Å². The third-order valence-electron chi connectivity index (χ3n) is 5.19. The van der Waals surface area contributed by atoms with Crippen LogP contribution in [0.5, 0.6) is 5.88 Å². The van der Waals surface area contributed by atoms with Crippen LogP contribution in [-0.2, 0) is 0 Å². The van der Waals surface area contributed by atoms with Gasteiger partial charge in [-0.1, -0.05) is 42.5 Å². The highest BCUT2D eigenvalue weighted by molar-refractivity contribution is 6.25. The maximum atomic E-state index is 12.9. The molecule has 0 bridgehead atoms. The SMILES string of the molecule is O=C1c2cccc3cccc(c23)C(=O)N1/N=C/c1c(O)n(-c2ccccc2)c(=O)[nH]c1=O. The zero-order valence-electron chi connectivity index (χ0n) is 16.4. The number of hydrogen-bond donors (Lipinski definition) is 2. The minimum Gasteiger partial charge on any atom is -0.493 e. The van der Waals surface area contributed by atoms with Gasteiger partial charge in [-0.3, -0.25) is 19.4 Å². The van der Waals surface area contributed by atoms with E-state index in [0.717, 1.165) is 16.2 Å². The molecule has 1 aliphatic rings. The number of carbonyl (C=O) groups excluding carboxylic acids is 2. The molecule has 0 atom stereocenters. The van der Waals surface area contributed by atoms with Crippen LogP contribution in [0.1, 0.15) is 26.3 Å². The van der Waals surface area contributed by atoms with Crippen molar-refractivity contribution in [2.75, 3.05) is 0 Å². The van der Waals surface area contributed by atoms with Crippen molar-refractivity contribution in [3.63, 3.8) is 0 Å². The molecule has 2 N–H and O–H groups in total. The van der Waals surface area contributed by atoms with Crippen molar-refractivity contribution in [2.24, 2.45) is 5.10 Å². The van der Waals surface area contributed by atoms with Crippen LogP contribution < -0.4 is 11.2 Å². The van der Waals surface area contributed by atoms with Crippen molar-refractivity contribution in [1.29, 1.82) is 0 Å². The standard InChI is InChI=1S/C23H14N4O5/c28-19-17(20(29)26(23(32)25-19)14-8-2-1-3-9-14)12-24-27-21(30)15-10-4-6-13-7-5-11-16(18(13)15)22(27)31/h1-12,29H,(H,25,28,32)/b24-12+. The molecule has 1 aromatic heterocycles. The Hall–Kier alpha value is -4.79. The highest BCUT2D eigenvalue weighted by Crippen LogP contribution is 2.30. The number of rotatable bonds is 3. The Morgan fingerprint density at radius 2 is 1.44 bits per heavy atom. The molecule has 0 aliphatic carbocycles. The minimum atomic E-state index is -0.914. The fourth-order valence-corrected chi connectivity index (χ4v) is 3.71. The van der Waals surface area contributed by atoms with Crippen molar-refractivity contribution in [3.05, 3.63) is 104 Å². The first-order valence-corrected chi connectivity index (χ1v) is 9.55. The van der Waals surface area contributed by atoms with Gasteiger partial charge >= 0.3 is 5.69 Å². The van der Waals surface area contributed by atoms with Crippen molar-refractivity contribution < 1.29 is 14.7 Å². The largest absolute Gasteiger partial charge is 0.493 e. The smallest absolute Gasteiger partial charge is 0.335 e. The number of hydrazone groups is 1. The number of hydrogen-bond acceptors (Lipinski definition) is 6. The molecule has 9 heteroatoms. The third kappa shape index (κ3) is 2.83. The molecule has 32 heavy (non-hydrogen) atoms. The third-order valence-corrected chi connectivity index (χ3v) is 5.19. The summed E-state index contributed by atoms with van der Waals surface area (Å²) in [6.07, 6.45) is 0.886. The van der Waals surface area contributed by atoms with Gasteiger partial charge in [0.2, 0.25) is 5.88 Å². The van der Waals surface area contributed by atoms with E-state index in [9.17, 15) is 24.3 Å². The average Bonchev–Trinajstić information content (AvgIpc) is 2.79.